The number of carbonyl (C=O) groups excluding carboxylic acids is 1. The van der Waals surface area contributed by atoms with Gasteiger partial charge in [-0.1, -0.05) is 37.3 Å². The topological polar surface area (TPSA) is 33.5 Å². The molecule has 3 heteroatoms. The molecule has 0 saturated carbocycles. The van der Waals surface area contributed by atoms with Crippen molar-refractivity contribution in [1.82, 2.24) is 0 Å². The van der Waals surface area contributed by atoms with Crippen LogP contribution in [0, 0.1) is 5.92 Å². The van der Waals surface area contributed by atoms with Crippen LogP contribution in [-0.4, -0.2) is 25.0 Å². The maximum atomic E-state index is 12.5. The summed E-state index contributed by atoms with van der Waals surface area (Å²) in [5.74, 6) is 0.930. The average molecular weight is 297 g/mol. The van der Waals surface area contributed by atoms with Gasteiger partial charge in [-0.3, -0.25) is 4.79 Å². The minimum atomic E-state index is 0.0129. The summed E-state index contributed by atoms with van der Waals surface area (Å²) < 4.78 is 0. The molecule has 0 radical (unpaired) electrons. The highest BCUT2D eigenvalue weighted by Gasteiger charge is 2.28. The Morgan fingerprint density at radius 1 is 1.14 bits per heavy atom. The highest BCUT2D eigenvalue weighted by molar-refractivity contribution is 5.96. The van der Waals surface area contributed by atoms with Gasteiger partial charge in [0.15, 0.2) is 6.04 Å². The van der Waals surface area contributed by atoms with Crippen LogP contribution in [0.5, 0.6) is 0 Å². The van der Waals surface area contributed by atoms with Crippen molar-refractivity contribution < 1.29 is 9.69 Å². The summed E-state index contributed by atoms with van der Waals surface area (Å²) in [6.07, 6.45) is 2.45. The average Bonchev–Trinajstić information content (AvgIpc) is 2.55. The Balaban J connectivity index is 1.67. The van der Waals surface area contributed by atoms with E-state index in [1.54, 1.807) is 0 Å². The van der Waals surface area contributed by atoms with Gasteiger partial charge in [-0.15, -0.1) is 0 Å². The first-order chi connectivity index (χ1) is 10.6. The second kappa shape index (κ2) is 6.49. The van der Waals surface area contributed by atoms with Crippen molar-refractivity contribution in [3.63, 3.8) is 0 Å². The number of nitrogens with one attached hydrogen (secondary N) is 2. The second-order valence-corrected chi connectivity index (χ2v) is 6.61. The molecule has 3 rings (SSSR count). The van der Waals surface area contributed by atoms with E-state index in [0.29, 0.717) is 0 Å². The van der Waals surface area contributed by atoms with Crippen molar-refractivity contribution in [2.24, 2.45) is 5.92 Å². The molecule has 1 heterocycles. The quantitative estimate of drug-likeness (QED) is 0.896. The van der Waals surface area contributed by atoms with Gasteiger partial charge < -0.3 is 10.2 Å². The molecule has 1 aliphatic rings. The maximum Gasteiger partial charge on any atom is 0.282 e. The number of benzene rings is 2. The molecule has 22 heavy (non-hydrogen) atoms. The lowest BCUT2D eigenvalue weighted by Crippen LogP contribution is -3.17. The van der Waals surface area contributed by atoms with Crippen molar-refractivity contribution in [1.29, 1.82) is 0 Å². The Labute approximate surface area is 132 Å². The molecule has 2 aromatic rings. The number of hydrogen-bond acceptors (Lipinski definition) is 1. The van der Waals surface area contributed by atoms with Gasteiger partial charge in [0.1, 0.15) is 0 Å². The predicted molar refractivity (Wildman–Crippen MR) is 91.1 cm³/mol. The van der Waals surface area contributed by atoms with Crippen molar-refractivity contribution in [2.45, 2.75) is 32.7 Å². The van der Waals surface area contributed by atoms with E-state index < -0.39 is 0 Å². The van der Waals surface area contributed by atoms with Gasteiger partial charge >= 0.3 is 0 Å². The molecule has 1 aliphatic heterocycles. The summed E-state index contributed by atoms with van der Waals surface area (Å²) >= 11 is 0. The summed E-state index contributed by atoms with van der Waals surface area (Å²) in [5, 5.41) is 5.44. The number of carbonyl (C=O) groups is 1. The summed E-state index contributed by atoms with van der Waals surface area (Å²) in [4.78, 5) is 13.9. The van der Waals surface area contributed by atoms with E-state index in [0.717, 1.165) is 30.1 Å². The summed E-state index contributed by atoms with van der Waals surface area (Å²) in [7, 11) is 0. The molecule has 1 amide bonds. The number of piperidine rings is 1. The van der Waals surface area contributed by atoms with Crippen molar-refractivity contribution in [2.75, 3.05) is 18.4 Å². The minimum absolute atomic E-state index is 0.0129. The summed E-state index contributed by atoms with van der Waals surface area (Å²) in [6.45, 7) is 6.55. The van der Waals surface area contributed by atoms with Crippen LogP contribution in [0.1, 0.15) is 26.7 Å². The Hall–Kier alpha value is -1.87. The highest BCUT2D eigenvalue weighted by Crippen LogP contribution is 2.18. The number of likely N-dealkylation sites (tertiary alicyclic amines) is 1. The number of quaternary nitrogens is 1. The SMILES string of the molecule is CC1CC[NH+]([C@H](C)C(=O)Nc2ccc3ccccc3c2)CC1. The molecule has 1 atom stereocenters. The molecular weight excluding hydrogens is 272 g/mol. The number of amides is 1. The lowest BCUT2D eigenvalue weighted by molar-refractivity contribution is -0.919. The van der Waals surface area contributed by atoms with E-state index in [1.165, 1.54) is 23.1 Å². The Morgan fingerprint density at radius 2 is 1.82 bits per heavy atom. The molecule has 2 aromatic carbocycles. The van der Waals surface area contributed by atoms with Crippen LogP contribution in [0.2, 0.25) is 0 Å². The van der Waals surface area contributed by atoms with E-state index in [4.69, 9.17) is 0 Å². The molecule has 1 fully saturated rings. The van der Waals surface area contributed by atoms with E-state index in [9.17, 15) is 4.79 Å². The molecule has 2 N–H and O–H groups in total. The summed E-state index contributed by atoms with van der Waals surface area (Å²) in [5.41, 5.74) is 0.889. The van der Waals surface area contributed by atoms with Crippen LogP contribution in [-0.2, 0) is 4.79 Å². The molecule has 0 bridgehead atoms. The first-order valence-electron chi connectivity index (χ1n) is 8.28. The first kappa shape index (κ1) is 15.0. The van der Waals surface area contributed by atoms with Crippen LogP contribution in [0.25, 0.3) is 10.8 Å². The molecule has 1 saturated heterocycles. The smallest absolute Gasteiger partial charge is 0.282 e. The van der Waals surface area contributed by atoms with Crippen LogP contribution in [0.15, 0.2) is 42.5 Å². The highest BCUT2D eigenvalue weighted by atomic mass is 16.2. The number of hydrogen-bond donors (Lipinski definition) is 2. The normalized spacial score (nSPS) is 23.2. The van der Waals surface area contributed by atoms with Crippen LogP contribution in [0.3, 0.4) is 0 Å². The molecule has 0 spiro atoms. The lowest BCUT2D eigenvalue weighted by atomic mass is 9.98. The molecule has 0 aromatic heterocycles. The lowest BCUT2D eigenvalue weighted by Gasteiger charge is -2.31. The van der Waals surface area contributed by atoms with Gasteiger partial charge in [0, 0.05) is 5.69 Å². The van der Waals surface area contributed by atoms with Crippen molar-refractivity contribution in [3.8, 4) is 0 Å². The van der Waals surface area contributed by atoms with Gasteiger partial charge in [0.05, 0.1) is 13.1 Å². The fourth-order valence-electron chi connectivity index (χ4n) is 3.27. The van der Waals surface area contributed by atoms with Gasteiger partial charge in [-0.2, -0.15) is 0 Å². The predicted octanol–water partition coefficient (Wildman–Crippen LogP) is 2.48. The Kier molecular flexibility index (Phi) is 4.44. The summed E-state index contributed by atoms with van der Waals surface area (Å²) in [6, 6.07) is 14.3. The fraction of sp³-hybridized carbons (Fsp3) is 0.421. The molecule has 3 nitrogen and oxygen atoms in total. The third-order valence-electron chi connectivity index (χ3n) is 4.94. The Bertz CT molecular complexity index is 659. The van der Waals surface area contributed by atoms with Gasteiger partial charge in [-0.25, -0.2) is 0 Å². The zero-order chi connectivity index (χ0) is 15.5. The van der Waals surface area contributed by atoms with E-state index in [-0.39, 0.29) is 11.9 Å². The van der Waals surface area contributed by atoms with E-state index >= 15 is 0 Å². The van der Waals surface area contributed by atoms with Crippen molar-refractivity contribution in [3.05, 3.63) is 42.5 Å². The monoisotopic (exact) mass is 297 g/mol. The fourth-order valence-corrected chi connectivity index (χ4v) is 3.27. The first-order valence-corrected chi connectivity index (χ1v) is 8.28. The van der Waals surface area contributed by atoms with Gasteiger partial charge in [-0.05, 0) is 48.6 Å². The third kappa shape index (κ3) is 3.30. The van der Waals surface area contributed by atoms with E-state index in [1.807, 2.05) is 31.2 Å². The van der Waals surface area contributed by atoms with E-state index in [2.05, 4.69) is 30.4 Å². The van der Waals surface area contributed by atoms with Crippen LogP contribution < -0.4 is 10.2 Å². The van der Waals surface area contributed by atoms with Gasteiger partial charge in [0.2, 0.25) is 0 Å². The van der Waals surface area contributed by atoms with Crippen LogP contribution in [0.4, 0.5) is 5.69 Å². The zero-order valence-electron chi connectivity index (χ0n) is 13.4. The number of fused-ring (bicyclic) bond motifs is 1. The zero-order valence-corrected chi connectivity index (χ0v) is 13.4. The standard InChI is InChI=1S/C19H24N2O/c1-14-9-11-21(12-10-14)15(2)19(22)20-18-8-7-16-5-3-4-6-17(16)13-18/h3-8,13-15H,9-12H2,1-2H3,(H,20,22)/p+1/t15-/m1/s1. The molecule has 0 aliphatic carbocycles. The Morgan fingerprint density at radius 3 is 2.55 bits per heavy atom. The van der Waals surface area contributed by atoms with Crippen LogP contribution >= 0.6 is 0 Å². The third-order valence-corrected chi connectivity index (χ3v) is 4.94. The second-order valence-electron chi connectivity index (χ2n) is 6.61. The minimum Gasteiger partial charge on any atom is -0.325 e. The molecule has 0 unspecified atom stereocenters. The molecule has 116 valence electrons. The maximum absolute atomic E-state index is 12.5. The largest absolute Gasteiger partial charge is 0.325 e. The van der Waals surface area contributed by atoms with Gasteiger partial charge in [0.25, 0.3) is 5.91 Å². The number of anilines is 1. The molecular formula is C19H25N2O+. The van der Waals surface area contributed by atoms with Crippen molar-refractivity contribution >= 4 is 22.4 Å². The number of rotatable bonds is 3.